The van der Waals surface area contributed by atoms with Gasteiger partial charge in [0, 0.05) is 11.1 Å². The van der Waals surface area contributed by atoms with Crippen molar-refractivity contribution in [1.82, 2.24) is 15.2 Å². The predicted octanol–water partition coefficient (Wildman–Crippen LogP) is 4.35. The Kier molecular flexibility index (Phi) is 4.76. The highest BCUT2D eigenvalue weighted by molar-refractivity contribution is 7.18. The van der Waals surface area contributed by atoms with Crippen LogP contribution < -0.4 is 5.32 Å². The Morgan fingerprint density at radius 1 is 1.00 bits per heavy atom. The topological polar surface area (TPSA) is 80.9 Å². The normalized spacial score (nSPS) is 10.7. The molecule has 4 aromatic rings. The number of aromatic nitrogens is 3. The van der Waals surface area contributed by atoms with E-state index in [0.717, 1.165) is 16.1 Å². The number of benzene rings is 2. The van der Waals surface area contributed by atoms with Gasteiger partial charge in [0.05, 0.1) is 12.1 Å². The van der Waals surface area contributed by atoms with Gasteiger partial charge in [-0.25, -0.2) is 4.98 Å². The maximum absolute atomic E-state index is 12.4. The van der Waals surface area contributed by atoms with Crippen LogP contribution in [0.1, 0.15) is 11.5 Å². The summed E-state index contributed by atoms with van der Waals surface area (Å²) >= 11 is 1.33. The average molecular weight is 376 g/mol. The zero-order chi connectivity index (χ0) is 18.6. The Bertz CT molecular complexity index is 1060. The molecule has 2 heterocycles. The Morgan fingerprint density at radius 2 is 1.67 bits per heavy atom. The fraction of sp³-hybridized carbons (Fsp3) is 0.100. The minimum Gasteiger partial charge on any atom is -0.441 e. The lowest BCUT2D eigenvalue weighted by Crippen LogP contribution is -2.15. The van der Waals surface area contributed by atoms with E-state index in [1.54, 1.807) is 6.92 Å². The third-order valence-electron chi connectivity index (χ3n) is 3.93. The van der Waals surface area contributed by atoms with Gasteiger partial charge in [-0.15, -0.1) is 10.2 Å². The van der Waals surface area contributed by atoms with Crippen molar-refractivity contribution in [2.45, 2.75) is 13.3 Å². The fourth-order valence-electron chi connectivity index (χ4n) is 2.58. The van der Waals surface area contributed by atoms with E-state index in [0.29, 0.717) is 22.5 Å². The van der Waals surface area contributed by atoms with Gasteiger partial charge in [0.1, 0.15) is 10.8 Å². The van der Waals surface area contributed by atoms with Crippen LogP contribution in [0, 0.1) is 6.92 Å². The first-order chi connectivity index (χ1) is 13.2. The van der Waals surface area contributed by atoms with Crippen molar-refractivity contribution in [1.29, 1.82) is 0 Å². The van der Waals surface area contributed by atoms with Crippen LogP contribution in [0.2, 0.25) is 0 Å². The first-order valence-corrected chi connectivity index (χ1v) is 9.21. The first kappa shape index (κ1) is 17.1. The smallest absolute Gasteiger partial charge is 0.232 e. The number of carbonyl (C=O) groups excluding carboxylic acids is 1. The molecule has 7 heteroatoms. The highest BCUT2D eigenvalue weighted by Gasteiger charge is 2.16. The summed E-state index contributed by atoms with van der Waals surface area (Å²) in [6.45, 7) is 1.81. The number of nitrogens with zero attached hydrogens (tertiary/aromatic N) is 3. The van der Waals surface area contributed by atoms with Gasteiger partial charge in [-0.2, -0.15) is 0 Å². The van der Waals surface area contributed by atoms with Crippen molar-refractivity contribution in [3.05, 3.63) is 72.1 Å². The van der Waals surface area contributed by atoms with Crippen molar-refractivity contribution in [2.24, 2.45) is 0 Å². The Morgan fingerprint density at radius 3 is 2.37 bits per heavy atom. The molecule has 0 aliphatic heterocycles. The number of nitrogens with one attached hydrogen (secondary N) is 1. The molecule has 4 rings (SSSR count). The van der Waals surface area contributed by atoms with E-state index in [1.807, 2.05) is 60.7 Å². The lowest BCUT2D eigenvalue weighted by molar-refractivity contribution is -0.115. The molecule has 27 heavy (non-hydrogen) atoms. The van der Waals surface area contributed by atoms with Gasteiger partial charge < -0.3 is 9.73 Å². The Balaban J connectivity index is 1.44. The van der Waals surface area contributed by atoms with Gasteiger partial charge in [0.15, 0.2) is 0 Å². The summed E-state index contributed by atoms with van der Waals surface area (Å²) in [4.78, 5) is 16.8. The third-order valence-corrected chi connectivity index (χ3v) is 4.82. The number of aryl methyl sites for hydroxylation is 1. The second-order valence-corrected chi connectivity index (χ2v) is 6.87. The number of rotatable bonds is 5. The van der Waals surface area contributed by atoms with E-state index in [4.69, 9.17) is 4.42 Å². The zero-order valence-corrected chi connectivity index (χ0v) is 15.4. The van der Waals surface area contributed by atoms with E-state index in [2.05, 4.69) is 20.5 Å². The summed E-state index contributed by atoms with van der Waals surface area (Å²) in [6, 6.07) is 19.3. The summed E-state index contributed by atoms with van der Waals surface area (Å²) < 4.78 is 5.70. The molecular formula is C20H16N4O2S. The molecule has 0 saturated heterocycles. The molecule has 1 amide bonds. The molecule has 2 aromatic heterocycles. The quantitative estimate of drug-likeness (QED) is 0.560. The molecule has 0 spiro atoms. The molecule has 1 N–H and O–H groups in total. The van der Waals surface area contributed by atoms with E-state index < -0.39 is 0 Å². The molecule has 0 aliphatic rings. The molecular weight excluding hydrogens is 360 g/mol. The number of carbonyl (C=O) groups is 1. The summed E-state index contributed by atoms with van der Waals surface area (Å²) in [7, 11) is 0. The highest BCUT2D eigenvalue weighted by atomic mass is 32.1. The second kappa shape index (κ2) is 7.51. The SMILES string of the molecule is Cc1oc(-c2ccccc2)nc1CC(=O)Nc1nnc(-c2ccccc2)s1. The molecule has 134 valence electrons. The highest BCUT2D eigenvalue weighted by Crippen LogP contribution is 2.26. The van der Waals surface area contributed by atoms with Crippen molar-refractivity contribution in [3.63, 3.8) is 0 Å². The molecule has 0 fully saturated rings. The first-order valence-electron chi connectivity index (χ1n) is 8.39. The Hall–Kier alpha value is -3.32. The zero-order valence-electron chi connectivity index (χ0n) is 14.5. The van der Waals surface area contributed by atoms with Crippen LogP contribution in [-0.2, 0) is 11.2 Å². The third kappa shape index (κ3) is 3.93. The molecule has 0 atom stereocenters. The number of oxazole rings is 1. The molecule has 2 aromatic carbocycles. The largest absolute Gasteiger partial charge is 0.441 e. The molecule has 0 radical (unpaired) electrons. The molecule has 0 aliphatic carbocycles. The van der Waals surface area contributed by atoms with Crippen LogP contribution in [0.15, 0.2) is 65.1 Å². The average Bonchev–Trinajstić information content (AvgIpc) is 3.30. The molecule has 0 saturated carbocycles. The van der Waals surface area contributed by atoms with Gasteiger partial charge in [0.25, 0.3) is 0 Å². The van der Waals surface area contributed by atoms with Crippen LogP contribution in [0.3, 0.4) is 0 Å². The molecule has 0 unspecified atom stereocenters. The van der Waals surface area contributed by atoms with Gasteiger partial charge in [-0.1, -0.05) is 59.9 Å². The summed E-state index contributed by atoms with van der Waals surface area (Å²) in [6.07, 6.45) is 0.114. The minimum absolute atomic E-state index is 0.114. The van der Waals surface area contributed by atoms with Crippen molar-refractivity contribution in [3.8, 4) is 22.0 Å². The van der Waals surface area contributed by atoms with Crippen molar-refractivity contribution < 1.29 is 9.21 Å². The van der Waals surface area contributed by atoms with E-state index in [1.165, 1.54) is 11.3 Å². The van der Waals surface area contributed by atoms with Gasteiger partial charge >= 0.3 is 0 Å². The van der Waals surface area contributed by atoms with Crippen molar-refractivity contribution >= 4 is 22.4 Å². The van der Waals surface area contributed by atoms with Gasteiger partial charge in [-0.05, 0) is 19.1 Å². The fourth-order valence-corrected chi connectivity index (χ4v) is 3.35. The lowest BCUT2D eigenvalue weighted by Gasteiger charge is -1.98. The number of anilines is 1. The van der Waals surface area contributed by atoms with Gasteiger partial charge in [0.2, 0.25) is 16.9 Å². The van der Waals surface area contributed by atoms with Crippen LogP contribution in [0.5, 0.6) is 0 Å². The number of hydrogen-bond donors (Lipinski definition) is 1. The summed E-state index contributed by atoms with van der Waals surface area (Å²) in [5, 5.41) is 12.2. The minimum atomic E-state index is -0.207. The standard InChI is InChI=1S/C20H16N4O2S/c1-13-16(21-18(26-13)14-8-4-2-5-9-14)12-17(25)22-20-24-23-19(27-20)15-10-6-3-7-11-15/h2-11H,12H2,1H3,(H,22,24,25). The predicted molar refractivity (Wildman–Crippen MR) is 104 cm³/mol. The maximum atomic E-state index is 12.4. The van der Waals surface area contributed by atoms with Crippen LogP contribution in [0.25, 0.3) is 22.0 Å². The van der Waals surface area contributed by atoms with Gasteiger partial charge in [-0.3, -0.25) is 4.79 Å². The number of hydrogen-bond acceptors (Lipinski definition) is 6. The van der Waals surface area contributed by atoms with E-state index >= 15 is 0 Å². The monoisotopic (exact) mass is 376 g/mol. The Labute approximate surface area is 159 Å². The molecule has 6 nitrogen and oxygen atoms in total. The summed E-state index contributed by atoms with van der Waals surface area (Å²) in [5.74, 6) is 0.936. The van der Waals surface area contributed by atoms with Crippen molar-refractivity contribution in [2.75, 3.05) is 5.32 Å². The van der Waals surface area contributed by atoms with E-state index in [-0.39, 0.29) is 12.3 Å². The lowest BCUT2D eigenvalue weighted by atomic mass is 10.2. The second-order valence-electron chi connectivity index (χ2n) is 5.89. The maximum Gasteiger partial charge on any atom is 0.232 e. The van der Waals surface area contributed by atoms with Crippen LogP contribution in [-0.4, -0.2) is 21.1 Å². The summed E-state index contributed by atoms with van der Waals surface area (Å²) in [5.41, 5.74) is 2.46. The van der Waals surface area contributed by atoms with E-state index in [9.17, 15) is 4.79 Å². The van der Waals surface area contributed by atoms with Crippen LogP contribution >= 0.6 is 11.3 Å². The number of amides is 1. The molecule has 0 bridgehead atoms. The van der Waals surface area contributed by atoms with Crippen LogP contribution in [0.4, 0.5) is 5.13 Å².